The van der Waals surface area contributed by atoms with Crippen LogP contribution in [-0.2, 0) is 14.3 Å². The standard InChI is InChI=1S/C14H28N2O3/c1-18-10-11-19-9-8-16-14(17)7-4-12-2-5-13(15)6-3-12/h12-13H,2-11,15H2,1H3,(H,16,17). The van der Waals surface area contributed by atoms with E-state index in [0.29, 0.717) is 44.7 Å². The lowest BCUT2D eigenvalue weighted by Gasteiger charge is -2.25. The first-order valence-electron chi connectivity index (χ1n) is 7.31. The molecule has 0 radical (unpaired) electrons. The molecule has 0 atom stereocenters. The molecule has 0 bridgehead atoms. The molecule has 0 aromatic carbocycles. The van der Waals surface area contributed by atoms with Crippen molar-refractivity contribution in [1.29, 1.82) is 0 Å². The molecule has 1 saturated carbocycles. The topological polar surface area (TPSA) is 73.6 Å². The number of ether oxygens (including phenoxy) is 2. The van der Waals surface area contributed by atoms with Crippen molar-refractivity contribution in [2.24, 2.45) is 11.7 Å². The summed E-state index contributed by atoms with van der Waals surface area (Å²) in [5.41, 5.74) is 5.87. The third kappa shape index (κ3) is 8.18. The van der Waals surface area contributed by atoms with Gasteiger partial charge in [0.15, 0.2) is 0 Å². The number of hydrogen-bond acceptors (Lipinski definition) is 4. The van der Waals surface area contributed by atoms with E-state index in [1.807, 2.05) is 0 Å². The van der Waals surface area contributed by atoms with E-state index in [1.54, 1.807) is 7.11 Å². The minimum Gasteiger partial charge on any atom is -0.382 e. The zero-order valence-electron chi connectivity index (χ0n) is 12.0. The Balaban J connectivity index is 1.93. The highest BCUT2D eigenvalue weighted by Crippen LogP contribution is 2.26. The molecule has 0 saturated heterocycles. The molecule has 0 aromatic rings. The quantitative estimate of drug-likeness (QED) is 0.616. The molecule has 0 aromatic heterocycles. The van der Waals surface area contributed by atoms with Crippen molar-refractivity contribution in [1.82, 2.24) is 5.32 Å². The summed E-state index contributed by atoms with van der Waals surface area (Å²) in [5.74, 6) is 0.814. The van der Waals surface area contributed by atoms with E-state index in [-0.39, 0.29) is 5.91 Å². The fourth-order valence-electron chi connectivity index (χ4n) is 2.41. The molecule has 1 fully saturated rings. The first-order valence-corrected chi connectivity index (χ1v) is 7.31. The van der Waals surface area contributed by atoms with Crippen LogP contribution in [0.4, 0.5) is 0 Å². The number of nitrogens with one attached hydrogen (secondary N) is 1. The van der Waals surface area contributed by atoms with E-state index in [9.17, 15) is 4.79 Å². The van der Waals surface area contributed by atoms with E-state index in [4.69, 9.17) is 15.2 Å². The Morgan fingerprint density at radius 1 is 1.21 bits per heavy atom. The van der Waals surface area contributed by atoms with Crippen molar-refractivity contribution in [2.45, 2.75) is 44.6 Å². The van der Waals surface area contributed by atoms with Crippen molar-refractivity contribution in [3.05, 3.63) is 0 Å². The largest absolute Gasteiger partial charge is 0.382 e. The van der Waals surface area contributed by atoms with Gasteiger partial charge in [0.05, 0.1) is 19.8 Å². The Labute approximate surface area is 116 Å². The zero-order chi connectivity index (χ0) is 13.9. The molecule has 0 spiro atoms. The SMILES string of the molecule is COCCOCCNC(=O)CCC1CCC(N)CC1. The van der Waals surface area contributed by atoms with Gasteiger partial charge in [0.1, 0.15) is 0 Å². The lowest BCUT2D eigenvalue weighted by atomic mass is 9.84. The normalized spacial score (nSPS) is 23.3. The minimum absolute atomic E-state index is 0.130. The number of amides is 1. The highest BCUT2D eigenvalue weighted by atomic mass is 16.5. The Kier molecular flexibility index (Phi) is 8.79. The minimum atomic E-state index is 0.130. The second-order valence-electron chi connectivity index (χ2n) is 5.27. The Morgan fingerprint density at radius 3 is 2.63 bits per heavy atom. The smallest absolute Gasteiger partial charge is 0.220 e. The lowest BCUT2D eigenvalue weighted by Crippen LogP contribution is -2.29. The Morgan fingerprint density at radius 2 is 1.95 bits per heavy atom. The molecule has 0 heterocycles. The van der Waals surface area contributed by atoms with Crippen LogP contribution in [0, 0.1) is 5.92 Å². The van der Waals surface area contributed by atoms with Gasteiger partial charge in [0.25, 0.3) is 0 Å². The Hall–Kier alpha value is -0.650. The van der Waals surface area contributed by atoms with Gasteiger partial charge in [-0.05, 0) is 38.0 Å². The van der Waals surface area contributed by atoms with Crippen LogP contribution in [0.5, 0.6) is 0 Å². The van der Waals surface area contributed by atoms with Crippen molar-refractivity contribution in [3.8, 4) is 0 Å². The highest BCUT2D eigenvalue weighted by Gasteiger charge is 2.18. The first kappa shape index (κ1) is 16.4. The Bertz CT molecular complexity index is 241. The summed E-state index contributed by atoms with van der Waals surface area (Å²) in [5, 5.41) is 2.88. The van der Waals surface area contributed by atoms with E-state index in [2.05, 4.69) is 5.32 Å². The van der Waals surface area contributed by atoms with Crippen LogP contribution >= 0.6 is 0 Å². The van der Waals surface area contributed by atoms with Crippen molar-refractivity contribution >= 4 is 5.91 Å². The van der Waals surface area contributed by atoms with Gasteiger partial charge in [0, 0.05) is 26.1 Å². The van der Waals surface area contributed by atoms with Gasteiger partial charge in [0.2, 0.25) is 5.91 Å². The number of hydrogen-bond donors (Lipinski definition) is 2. The van der Waals surface area contributed by atoms with Gasteiger partial charge in [-0.1, -0.05) is 0 Å². The molecule has 1 aliphatic carbocycles. The molecular formula is C14H28N2O3. The predicted octanol–water partition coefficient (Wildman–Crippen LogP) is 1.06. The zero-order valence-corrected chi connectivity index (χ0v) is 12.0. The summed E-state index contributed by atoms with van der Waals surface area (Å²) in [6, 6.07) is 0.384. The second kappa shape index (κ2) is 10.2. The van der Waals surface area contributed by atoms with E-state index < -0.39 is 0 Å². The van der Waals surface area contributed by atoms with Gasteiger partial charge in [-0.15, -0.1) is 0 Å². The van der Waals surface area contributed by atoms with Crippen LogP contribution in [0.15, 0.2) is 0 Å². The summed E-state index contributed by atoms with van der Waals surface area (Å²) < 4.78 is 10.1. The molecule has 1 aliphatic rings. The molecule has 112 valence electrons. The average molecular weight is 272 g/mol. The third-order valence-corrected chi connectivity index (χ3v) is 3.67. The maximum Gasteiger partial charge on any atom is 0.220 e. The summed E-state index contributed by atoms with van der Waals surface area (Å²) in [7, 11) is 1.64. The third-order valence-electron chi connectivity index (χ3n) is 3.67. The molecule has 1 amide bonds. The number of nitrogens with two attached hydrogens (primary N) is 1. The molecule has 3 N–H and O–H groups in total. The van der Waals surface area contributed by atoms with Crippen LogP contribution in [0.25, 0.3) is 0 Å². The van der Waals surface area contributed by atoms with Crippen molar-refractivity contribution in [2.75, 3.05) is 33.5 Å². The summed E-state index contributed by atoms with van der Waals surface area (Å²) >= 11 is 0. The van der Waals surface area contributed by atoms with Gasteiger partial charge in [-0.2, -0.15) is 0 Å². The van der Waals surface area contributed by atoms with Gasteiger partial charge in [-0.25, -0.2) is 0 Å². The second-order valence-corrected chi connectivity index (χ2v) is 5.27. The van der Waals surface area contributed by atoms with Crippen LogP contribution < -0.4 is 11.1 Å². The van der Waals surface area contributed by atoms with Crippen molar-refractivity contribution < 1.29 is 14.3 Å². The van der Waals surface area contributed by atoms with E-state index in [0.717, 1.165) is 19.3 Å². The molecule has 1 rings (SSSR count). The summed E-state index contributed by atoms with van der Waals surface area (Å²) in [4.78, 5) is 11.6. The molecule has 5 heteroatoms. The van der Waals surface area contributed by atoms with Crippen LogP contribution in [0.3, 0.4) is 0 Å². The van der Waals surface area contributed by atoms with E-state index >= 15 is 0 Å². The maximum absolute atomic E-state index is 11.6. The fraction of sp³-hybridized carbons (Fsp3) is 0.929. The van der Waals surface area contributed by atoms with Crippen LogP contribution in [-0.4, -0.2) is 45.4 Å². The number of rotatable bonds is 9. The first-order chi connectivity index (χ1) is 9.22. The lowest BCUT2D eigenvalue weighted by molar-refractivity contribution is -0.121. The average Bonchev–Trinajstić information content (AvgIpc) is 2.42. The fourth-order valence-corrected chi connectivity index (χ4v) is 2.41. The van der Waals surface area contributed by atoms with Gasteiger partial charge >= 0.3 is 0 Å². The predicted molar refractivity (Wildman–Crippen MR) is 74.9 cm³/mol. The summed E-state index contributed by atoms with van der Waals surface area (Å²) in [6.45, 7) is 2.30. The monoisotopic (exact) mass is 272 g/mol. The number of methoxy groups -OCH3 is 1. The van der Waals surface area contributed by atoms with Crippen LogP contribution in [0.2, 0.25) is 0 Å². The van der Waals surface area contributed by atoms with Gasteiger partial charge in [-0.3, -0.25) is 4.79 Å². The molecule has 19 heavy (non-hydrogen) atoms. The summed E-state index contributed by atoms with van der Waals surface area (Å²) in [6.07, 6.45) is 6.18. The molecule has 5 nitrogen and oxygen atoms in total. The van der Waals surface area contributed by atoms with Crippen molar-refractivity contribution in [3.63, 3.8) is 0 Å². The number of carbonyl (C=O) groups is 1. The molecule has 0 aliphatic heterocycles. The molecule has 0 unspecified atom stereocenters. The number of carbonyl (C=O) groups excluding carboxylic acids is 1. The molecular weight excluding hydrogens is 244 g/mol. The van der Waals surface area contributed by atoms with E-state index in [1.165, 1.54) is 12.8 Å². The maximum atomic E-state index is 11.6. The van der Waals surface area contributed by atoms with Gasteiger partial charge < -0.3 is 20.5 Å². The highest BCUT2D eigenvalue weighted by molar-refractivity contribution is 5.75. The van der Waals surface area contributed by atoms with Crippen LogP contribution in [0.1, 0.15) is 38.5 Å².